The van der Waals surface area contributed by atoms with Crippen LogP contribution in [0.2, 0.25) is 0 Å². The van der Waals surface area contributed by atoms with Gasteiger partial charge in [-0.2, -0.15) is 0 Å². The van der Waals surface area contributed by atoms with Crippen LogP contribution in [0.4, 0.5) is 4.39 Å². The molecule has 0 radical (unpaired) electrons. The second-order valence-electron chi connectivity index (χ2n) is 5.66. The van der Waals surface area contributed by atoms with Crippen LogP contribution >= 0.6 is 0 Å². The first-order valence-electron chi connectivity index (χ1n) is 7.52. The fourth-order valence-electron chi connectivity index (χ4n) is 2.55. The first kappa shape index (κ1) is 17.6. The Hall–Kier alpha value is -1.73. The number of benzene rings is 1. The van der Waals surface area contributed by atoms with Crippen molar-refractivity contribution in [2.24, 2.45) is 0 Å². The van der Waals surface area contributed by atoms with Gasteiger partial charge < -0.3 is 5.32 Å². The van der Waals surface area contributed by atoms with Gasteiger partial charge in [-0.3, -0.25) is 4.79 Å². The van der Waals surface area contributed by atoms with E-state index in [2.05, 4.69) is 5.32 Å². The monoisotopic (exact) mass is 340 g/mol. The molecule has 1 aromatic carbocycles. The molecule has 0 saturated carbocycles. The zero-order valence-corrected chi connectivity index (χ0v) is 13.9. The predicted octanol–water partition coefficient (Wildman–Crippen LogP) is 1.77. The number of amides is 1. The summed E-state index contributed by atoms with van der Waals surface area (Å²) in [5.74, 6) is -0.529. The number of piperidine rings is 1. The van der Waals surface area contributed by atoms with Crippen LogP contribution in [0, 0.1) is 5.82 Å². The second-order valence-corrected chi connectivity index (χ2v) is 7.64. The summed E-state index contributed by atoms with van der Waals surface area (Å²) in [6.07, 6.45) is 5.96. The van der Waals surface area contributed by atoms with Gasteiger partial charge in [-0.05, 0) is 18.9 Å². The summed E-state index contributed by atoms with van der Waals surface area (Å²) in [6, 6.07) is 6.16. The molecule has 1 amide bonds. The van der Waals surface area contributed by atoms with Crippen molar-refractivity contribution in [3.8, 4) is 0 Å². The smallest absolute Gasteiger partial charge is 0.224 e. The third-order valence-electron chi connectivity index (χ3n) is 3.72. The molecule has 0 unspecified atom stereocenters. The van der Waals surface area contributed by atoms with E-state index < -0.39 is 10.0 Å². The molecule has 1 aliphatic heterocycles. The number of nitrogens with zero attached hydrogens (tertiary/aromatic N) is 1. The van der Waals surface area contributed by atoms with Crippen LogP contribution in [-0.2, 0) is 14.8 Å². The molecule has 1 atom stereocenters. The van der Waals surface area contributed by atoms with Gasteiger partial charge in [0.25, 0.3) is 0 Å². The topological polar surface area (TPSA) is 66.5 Å². The Morgan fingerprint density at radius 1 is 1.43 bits per heavy atom. The summed E-state index contributed by atoms with van der Waals surface area (Å²) in [5.41, 5.74) is 0.432. The highest BCUT2D eigenvalue weighted by Gasteiger charge is 2.26. The van der Waals surface area contributed by atoms with Crippen LogP contribution in [-0.4, -0.2) is 44.0 Å². The van der Waals surface area contributed by atoms with E-state index in [0.717, 1.165) is 12.8 Å². The molecule has 1 fully saturated rings. The quantitative estimate of drug-likeness (QED) is 0.888. The van der Waals surface area contributed by atoms with Crippen molar-refractivity contribution in [3.63, 3.8) is 0 Å². The molecule has 0 bridgehead atoms. The van der Waals surface area contributed by atoms with Crippen LogP contribution in [0.5, 0.6) is 0 Å². The standard InChI is InChI=1S/C16H21FN2O3S/c1-23(21,22)19-11-5-8-14(12-19)18-16(20)10-4-7-13-6-2-3-9-15(13)17/h2-4,6-7,9,14H,5,8,10-12H2,1H3,(H,18,20)/b7-4+/t14-/m0/s1. The van der Waals surface area contributed by atoms with Crippen molar-refractivity contribution < 1.29 is 17.6 Å². The summed E-state index contributed by atoms with van der Waals surface area (Å²) in [7, 11) is -3.23. The average Bonchev–Trinajstić information content (AvgIpc) is 2.48. The number of hydrogen-bond acceptors (Lipinski definition) is 3. The van der Waals surface area contributed by atoms with E-state index in [1.165, 1.54) is 16.6 Å². The van der Waals surface area contributed by atoms with Gasteiger partial charge in [0, 0.05) is 31.1 Å². The van der Waals surface area contributed by atoms with Gasteiger partial charge in [0.05, 0.1) is 6.26 Å². The lowest BCUT2D eigenvalue weighted by Crippen LogP contribution is -2.49. The van der Waals surface area contributed by atoms with Crippen molar-refractivity contribution in [2.75, 3.05) is 19.3 Å². The summed E-state index contributed by atoms with van der Waals surface area (Å²) in [4.78, 5) is 11.9. The van der Waals surface area contributed by atoms with Gasteiger partial charge >= 0.3 is 0 Å². The number of hydrogen-bond donors (Lipinski definition) is 1. The van der Waals surface area contributed by atoms with Gasteiger partial charge in [-0.1, -0.05) is 30.4 Å². The fraction of sp³-hybridized carbons (Fsp3) is 0.438. The maximum Gasteiger partial charge on any atom is 0.224 e. The summed E-state index contributed by atoms with van der Waals surface area (Å²) in [5, 5.41) is 2.83. The van der Waals surface area contributed by atoms with E-state index in [9.17, 15) is 17.6 Å². The largest absolute Gasteiger partial charge is 0.352 e. The maximum atomic E-state index is 13.4. The molecule has 1 saturated heterocycles. The molecule has 1 N–H and O–H groups in total. The van der Waals surface area contributed by atoms with E-state index in [0.29, 0.717) is 18.7 Å². The van der Waals surface area contributed by atoms with E-state index in [1.807, 2.05) is 0 Å². The Balaban J connectivity index is 1.84. The molecule has 1 aliphatic rings. The van der Waals surface area contributed by atoms with Crippen LogP contribution in [0.15, 0.2) is 30.3 Å². The predicted molar refractivity (Wildman–Crippen MR) is 87.6 cm³/mol. The number of carbonyl (C=O) groups excluding carboxylic acids is 1. The lowest BCUT2D eigenvalue weighted by Gasteiger charge is -2.31. The van der Waals surface area contributed by atoms with Gasteiger partial charge in [0.2, 0.25) is 15.9 Å². The summed E-state index contributed by atoms with van der Waals surface area (Å²) < 4.78 is 37.9. The molecule has 0 aromatic heterocycles. The van der Waals surface area contributed by atoms with Gasteiger partial charge in [-0.25, -0.2) is 17.1 Å². The van der Waals surface area contributed by atoms with Crippen molar-refractivity contribution in [1.29, 1.82) is 0 Å². The number of sulfonamides is 1. The lowest BCUT2D eigenvalue weighted by molar-refractivity contribution is -0.121. The first-order chi connectivity index (χ1) is 10.9. The van der Waals surface area contributed by atoms with Crippen molar-refractivity contribution in [1.82, 2.24) is 9.62 Å². The Morgan fingerprint density at radius 2 is 2.17 bits per heavy atom. The van der Waals surface area contributed by atoms with Gasteiger partial charge in [-0.15, -0.1) is 0 Å². The minimum Gasteiger partial charge on any atom is -0.352 e. The first-order valence-corrected chi connectivity index (χ1v) is 9.36. The van der Waals surface area contributed by atoms with Crippen LogP contribution < -0.4 is 5.32 Å². The molecule has 0 aliphatic carbocycles. The molecule has 5 nitrogen and oxygen atoms in total. The molecule has 1 aromatic rings. The highest BCUT2D eigenvalue weighted by atomic mass is 32.2. The summed E-state index contributed by atoms with van der Waals surface area (Å²) >= 11 is 0. The molecular weight excluding hydrogens is 319 g/mol. The van der Waals surface area contributed by atoms with Crippen LogP contribution in [0.25, 0.3) is 6.08 Å². The van der Waals surface area contributed by atoms with Crippen molar-refractivity contribution in [3.05, 3.63) is 41.7 Å². The Morgan fingerprint density at radius 3 is 2.87 bits per heavy atom. The van der Waals surface area contributed by atoms with E-state index in [-0.39, 0.29) is 24.2 Å². The minimum absolute atomic E-state index is 0.129. The maximum absolute atomic E-state index is 13.4. The molecule has 0 spiro atoms. The normalized spacial score (nSPS) is 19.8. The Bertz CT molecular complexity index is 688. The zero-order chi connectivity index (χ0) is 16.9. The lowest BCUT2D eigenvalue weighted by atomic mass is 10.1. The molecular formula is C16H21FN2O3S. The zero-order valence-electron chi connectivity index (χ0n) is 13.0. The average molecular weight is 340 g/mol. The fourth-order valence-corrected chi connectivity index (χ4v) is 3.46. The number of rotatable bonds is 5. The molecule has 7 heteroatoms. The van der Waals surface area contributed by atoms with Crippen molar-refractivity contribution >= 4 is 22.0 Å². The van der Waals surface area contributed by atoms with Gasteiger partial charge in [0.15, 0.2) is 0 Å². The number of halogens is 1. The molecule has 23 heavy (non-hydrogen) atoms. The SMILES string of the molecule is CS(=O)(=O)N1CCC[C@H](NC(=O)C/C=C/c2ccccc2F)C1. The molecule has 126 valence electrons. The van der Waals surface area contributed by atoms with Crippen molar-refractivity contribution in [2.45, 2.75) is 25.3 Å². The minimum atomic E-state index is -3.23. The molecule has 1 heterocycles. The summed E-state index contributed by atoms with van der Waals surface area (Å²) in [6.45, 7) is 0.806. The molecule has 2 rings (SSSR count). The third-order valence-corrected chi connectivity index (χ3v) is 4.99. The highest BCUT2D eigenvalue weighted by Crippen LogP contribution is 2.13. The Kier molecular flexibility index (Phi) is 5.90. The van der Waals surface area contributed by atoms with E-state index >= 15 is 0 Å². The Labute approximate surface area is 136 Å². The van der Waals surface area contributed by atoms with E-state index in [4.69, 9.17) is 0 Å². The van der Waals surface area contributed by atoms with E-state index in [1.54, 1.807) is 30.4 Å². The second kappa shape index (κ2) is 7.70. The van der Waals surface area contributed by atoms with Gasteiger partial charge in [0.1, 0.15) is 5.82 Å². The van der Waals surface area contributed by atoms with Crippen LogP contribution in [0.1, 0.15) is 24.8 Å². The third kappa shape index (κ3) is 5.44. The highest BCUT2D eigenvalue weighted by molar-refractivity contribution is 7.88. The number of nitrogens with one attached hydrogen (secondary N) is 1. The number of carbonyl (C=O) groups is 1. The van der Waals surface area contributed by atoms with Crippen LogP contribution in [0.3, 0.4) is 0 Å².